The van der Waals surface area contributed by atoms with Gasteiger partial charge in [-0.05, 0) is 37.3 Å². The number of Topliss-reactive ketones (excluding diaryl/α,β-unsaturated/α-hetero) is 1. The van der Waals surface area contributed by atoms with Crippen molar-refractivity contribution in [2.75, 3.05) is 0 Å². The van der Waals surface area contributed by atoms with E-state index in [9.17, 15) is 18.4 Å². The van der Waals surface area contributed by atoms with Gasteiger partial charge in [0, 0.05) is 22.7 Å². The van der Waals surface area contributed by atoms with E-state index >= 15 is 0 Å². The van der Waals surface area contributed by atoms with Crippen LogP contribution >= 0.6 is 0 Å². The zero-order valence-electron chi connectivity index (χ0n) is 13.7. The van der Waals surface area contributed by atoms with E-state index < -0.39 is 24.5 Å². The normalized spacial score (nSPS) is 12.2. The lowest BCUT2D eigenvalue weighted by Gasteiger charge is -2.12. The van der Waals surface area contributed by atoms with Crippen molar-refractivity contribution < 1.29 is 27.8 Å². The molecule has 1 atom stereocenters. The first kappa shape index (κ1) is 17.6. The SMILES string of the molecule is C[C@@H](OC(=O)c1c[nH]c2ccccc12)C(=O)c1ccc(OC(F)F)cc1. The molecule has 0 saturated heterocycles. The van der Waals surface area contributed by atoms with Crippen molar-refractivity contribution in [3.8, 4) is 5.75 Å². The number of aromatic amines is 1. The number of carbonyl (C=O) groups excluding carboxylic acids is 2. The molecule has 0 fully saturated rings. The Morgan fingerprint density at radius 2 is 1.73 bits per heavy atom. The molecule has 134 valence electrons. The number of carbonyl (C=O) groups is 2. The first-order valence-electron chi connectivity index (χ1n) is 7.82. The van der Waals surface area contributed by atoms with Crippen molar-refractivity contribution >= 4 is 22.7 Å². The fraction of sp³-hybridized carbons (Fsp3) is 0.158. The summed E-state index contributed by atoms with van der Waals surface area (Å²) in [6, 6.07) is 12.4. The molecule has 0 aliphatic heterocycles. The van der Waals surface area contributed by atoms with Crippen LogP contribution in [0.3, 0.4) is 0 Å². The Bertz CT molecular complexity index is 934. The second-order valence-corrected chi connectivity index (χ2v) is 5.56. The average Bonchev–Trinajstić information content (AvgIpc) is 3.05. The molecule has 0 unspecified atom stereocenters. The first-order chi connectivity index (χ1) is 12.5. The summed E-state index contributed by atoms with van der Waals surface area (Å²) in [5.41, 5.74) is 1.35. The molecule has 1 aromatic heterocycles. The zero-order chi connectivity index (χ0) is 18.7. The molecule has 0 spiro atoms. The van der Waals surface area contributed by atoms with Gasteiger partial charge in [-0.25, -0.2) is 4.79 Å². The minimum atomic E-state index is -2.94. The summed E-state index contributed by atoms with van der Waals surface area (Å²) in [5.74, 6) is -1.12. The Kier molecular flexibility index (Phi) is 4.97. The second kappa shape index (κ2) is 7.35. The van der Waals surface area contributed by atoms with E-state index in [2.05, 4.69) is 9.72 Å². The molecule has 0 saturated carbocycles. The molecule has 7 heteroatoms. The lowest BCUT2D eigenvalue weighted by Crippen LogP contribution is -2.24. The van der Waals surface area contributed by atoms with Crippen LogP contribution in [-0.4, -0.2) is 29.5 Å². The molecule has 0 aliphatic rings. The van der Waals surface area contributed by atoms with Gasteiger partial charge in [0.25, 0.3) is 0 Å². The molecular weight excluding hydrogens is 344 g/mol. The summed E-state index contributed by atoms with van der Waals surface area (Å²) in [5, 5.41) is 0.700. The van der Waals surface area contributed by atoms with Crippen LogP contribution in [0.2, 0.25) is 0 Å². The molecule has 0 radical (unpaired) electrons. The molecule has 1 N–H and O–H groups in total. The average molecular weight is 359 g/mol. The molecule has 5 nitrogen and oxygen atoms in total. The van der Waals surface area contributed by atoms with Gasteiger partial charge in [-0.2, -0.15) is 8.78 Å². The van der Waals surface area contributed by atoms with Crippen molar-refractivity contribution in [1.29, 1.82) is 0 Å². The summed E-state index contributed by atoms with van der Waals surface area (Å²) < 4.78 is 33.8. The van der Waals surface area contributed by atoms with Gasteiger partial charge in [0.2, 0.25) is 5.78 Å². The van der Waals surface area contributed by atoms with Crippen LogP contribution < -0.4 is 4.74 Å². The van der Waals surface area contributed by atoms with Crippen LogP contribution in [-0.2, 0) is 4.74 Å². The van der Waals surface area contributed by atoms with Gasteiger partial charge in [-0.15, -0.1) is 0 Å². The van der Waals surface area contributed by atoms with Crippen molar-refractivity contribution in [3.05, 3.63) is 65.9 Å². The van der Waals surface area contributed by atoms with E-state index in [0.29, 0.717) is 10.9 Å². The number of aromatic nitrogens is 1. The quantitative estimate of drug-likeness (QED) is 0.529. The number of benzene rings is 2. The number of H-pyrrole nitrogens is 1. The first-order valence-corrected chi connectivity index (χ1v) is 7.82. The summed E-state index contributed by atoms with van der Waals surface area (Å²) in [6.45, 7) is -1.48. The van der Waals surface area contributed by atoms with E-state index in [1.54, 1.807) is 12.1 Å². The fourth-order valence-electron chi connectivity index (χ4n) is 2.55. The highest BCUT2D eigenvalue weighted by Crippen LogP contribution is 2.20. The van der Waals surface area contributed by atoms with Crippen molar-refractivity contribution in [2.24, 2.45) is 0 Å². The van der Waals surface area contributed by atoms with Gasteiger partial charge in [-0.3, -0.25) is 4.79 Å². The monoisotopic (exact) mass is 359 g/mol. The van der Waals surface area contributed by atoms with E-state index in [1.807, 2.05) is 12.1 Å². The number of alkyl halides is 2. The van der Waals surface area contributed by atoms with Crippen LogP contribution in [0.1, 0.15) is 27.6 Å². The number of nitrogens with one attached hydrogen (secondary N) is 1. The number of ether oxygens (including phenoxy) is 2. The van der Waals surface area contributed by atoms with E-state index in [0.717, 1.165) is 5.52 Å². The maximum absolute atomic E-state index is 12.4. The molecule has 3 aromatic rings. The van der Waals surface area contributed by atoms with Gasteiger partial charge in [0.15, 0.2) is 6.10 Å². The molecule has 3 rings (SSSR count). The molecule has 0 amide bonds. The molecule has 0 aliphatic carbocycles. The third kappa shape index (κ3) is 3.72. The number of rotatable bonds is 6. The van der Waals surface area contributed by atoms with Crippen molar-refractivity contribution in [3.63, 3.8) is 0 Å². The van der Waals surface area contributed by atoms with Crippen LogP contribution in [0.15, 0.2) is 54.7 Å². The highest BCUT2D eigenvalue weighted by Gasteiger charge is 2.22. The topological polar surface area (TPSA) is 68.4 Å². The largest absolute Gasteiger partial charge is 0.451 e. The van der Waals surface area contributed by atoms with Crippen LogP contribution in [0.5, 0.6) is 5.75 Å². The molecule has 1 heterocycles. The number of esters is 1. The van der Waals surface area contributed by atoms with Crippen LogP contribution in [0, 0.1) is 0 Å². The Balaban J connectivity index is 1.69. The number of para-hydroxylation sites is 1. The van der Waals surface area contributed by atoms with E-state index in [4.69, 9.17) is 4.74 Å². The summed E-state index contributed by atoms with van der Waals surface area (Å²) >= 11 is 0. The van der Waals surface area contributed by atoms with Gasteiger partial charge in [-0.1, -0.05) is 18.2 Å². The van der Waals surface area contributed by atoms with Gasteiger partial charge in [0.05, 0.1) is 5.56 Å². The number of halogens is 2. The van der Waals surface area contributed by atoms with Gasteiger partial charge < -0.3 is 14.5 Å². The Hall–Kier alpha value is -3.22. The molecule has 2 aromatic carbocycles. The minimum Gasteiger partial charge on any atom is -0.451 e. The van der Waals surface area contributed by atoms with Gasteiger partial charge in [0.1, 0.15) is 5.75 Å². The molecular formula is C19H15F2NO4. The molecule has 26 heavy (non-hydrogen) atoms. The molecule has 0 bridgehead atoms. The minimum absolute atomic E-state index is 0.0556. The van der Waals surface area contributed by atoms with Gasteiger partial charge >= 0.3 is 12.6 Å². The second-order valence-electron chi connectivity index (χ2n) is 5.56. The highest BCUT2D eigenvalue weighted by atomic mass is 19.3. The van der Waals surface area contributed by atoms with E-state index in [1.165, 1.54) is 37.4 Å². The predicted octanol–water partition coefficient (Wildman–Crippen LogP) is 4.20. The number of ketones is 1. The Morgan fingerprint density at radius 1 is 1.04 bits per heavy atom. The summed E-state index contributed by atoms with van der Waals surface area (Å²) in [7, 11) is 0. The predicted molar refractivity (Wildman–Crippen MR) is 90.6 cm³/mol. The van der Waals surface area contributed by atoms with Crippen LogP contribution in [0.4, 0.5) is 8.78 Å². The third-order valence-corrected chi connectivity index (χ3v) is 3.83. The number of hydrogen-bond acceptors (Lipinski definition) is 4. The lowest BCUT2D eigenvalue weighted by molar-refractivity contribution is -0.0498. The smallest absolute Gasteiger partial charge is 0.387 e. The summed E-state index contributed by atoms with van der Waals surface area (Å²) in [4.78, 5) is 27.7. The number of hydrogen-bond donors (Lipinski definition) is 1. The van der Waals surface area contributed by atoms with Crippen LogP contribution in [0.25, 0.3) is 10.9 Å². The lowest BCUT2D eigenvalue weighted by atomic mass is 10.1. The zero-order valence-corrected chi connectivity index (χ0v) is 13.7. The fourth-order valence-corrected chi connectivity index (χ4v) is 2.55. The summed E-state index contributed by atoms with van der Waals surface area (Å²) in [6.07, 6.45) is 0.499. The Morgan fingerprint density at radius 3 is 2.42 bits per heavy atom. The maximum Gasteiger partial charge on any atom is 0.387 e. The number of fused-ring (bicyclic) bond motifs is 1. The third-order valence-electron chi connectivity index (χ3n) is 3.83. The van der Waals surface area contributed by atoms with Crippen molar-refractivity contribution in [2.45, 2.75) is 19.6 Å². The maximum atomic E-state index is 12.4. The van der Waals surface area contributed by atoms with E-state index in [-0.39, 0.29) is 11.3 Å². The van der Waals surface area contributed by atoms with Crippen molar-refractivity contribution in [1.82, 2.24) is 4.98 Å². The Labute approximate surface area is 147 Å². The highest BCUT2D eigenvalue weighted by molar-refractivity contribution is 6.06. The standard InChI is InChI=1S/C19H15F2NO4/c1-11(17(23)12-6-8-13(9-7-12)26-19(20)21)25-18(24)15-10-22-16-5-3-2-4-14(15)16/h2-11,19,22H,1H3/t11-/m1/s1.